The number of anilines is 1. The fourth-order valence-corrected chi connectivity index (χ4v) is 2.07. The highest BCUT2D eigenvalue weighted by molar-refractivity contribution is 5.80. The summed E-state index contributed by atoms with van der Waals surface area (Å²) in [5.74, 6) is -1.33. The first kappa shape index (κ1) is 12.0. The van der Waals surface area contributed by atoms with E-state index in [-0.39, 0.29) is 24.4 Å². The van der Waals surface area contributed by atoms with Crippen molar-refractivity contribution in [3.8, 4) is 5.75 Å². The van der Waals surface area contributed by atoms with Gasteiger partial charge in [-0.05, 0) is 23.3 Å². The Morgan fingerprint density at radius 3 is 2.50 bits per heavy atom. The van der Waals surface area contributed by atoms with Crippen molar-refractivity contribution >= 4 is 17.7 Å². The van der Waals surface area contributed by atoms with Gasteiger partial charge in [0.25, 0.3) is 0 Å². The number of nitrogen functional groups attached to an aromatic ring is 1. The normalized spacial score (nSPS) is 18.2. The number of nitrogens with two attached hydrogens (primary N) is 1. The Morgan fingerprint density at radius 2 is 1.94 bits per heavy atom. The van der Waals surface area contributed by atoms with Crippen LogP contribution in [0.25, 0.3) is 0 Å². The molecule has 7 nitrogen and oxygen atoms in total. The van der Waals surface area contributed by atoms with Gasteiger partial charge in [-0.3, -0.25) is 4.90 Å². The highest BCUT2D eigenvalue weighted by Gasteiger charge is 2.34. The average molecular weight is 252 g/mol. The minimum absolute atomic E-state index is 0.0431. The minimum Gasteiger partial charge on any atom is -0.506 e. The number of phenols is 1. The van der Waals surface area contributed by atoms with E-state index in [0.29, 0.717) is 11.1 Å². The molecule has 5 N–H and O–H groups in total. The van der Waals surface area contributed by atoms with Gasteiger partial charge in [-0.1, -0.05) is 0 Å². The van der Waals surface area contributed by atoms with Gasteiger partial charge in [0.1, 0.15) is 11.8 Å². The predicted molar refractivity (Wildman–Crippen MR) is 61.2 cm³/mol. The first-order valence-electron chi connectivity index (χ1n) is 5.22. The molecule has 0 radical (unpaired) electrons. The zero-order valence-electron chi connectivity index (χ0n) is 9.33. The van der Waals surface area contributed by atoms with E-state index < -0.39 is 18.1 Å². The van der Waals surface area contributed by atoms with E-state index in [2.05, 4.69) is 0 Å². The third kappa shape index (κ3) is 1.90. The largest absolute Gasteiger partial charge is 0.506 e. The standard InChI is InChI=1S/C11H12N2O5/c12-7-1-5-2-8(10(15)16)13(11(17)18)4-6(5)3-9(7)14/h1,3,8,14H,2,4,12H2,(H,15,16)(H,17,18)/t8-/m0/s1. The van der Waals surface area contributed by atoms with Crippen molar-refractivity contribution in [2.24, 2.45) is 0 Å². The molecule has 0 fully saturated rings. The van der Waals surface area contributed by atoms with Gasteiger partial charge in [0, 0.05) is 6.42 Å². The molecule has 0 saturated carbocycles. The van der Waals surface area contributed by atoms with Gasteiger partial charge in [-0.2, -0.15) is 0 Å². The van der Waals surface area contributed by atoms with Crippen LogP contribution in [-0.4, -0.2) is 38.3 Å². The van der Waals surface area contributed by atoms with Crippen molar-refractivity contribution in [2.45, 2.75) is 19.0 Å². The molecule has 1 aliphatic rings. The van der Waals surface area contributed by atoms with Gasteiger partial charge in [0.15, 0.2) is 0 Å². The van der Waals surface area contributed by atoms with Gasteiger partial charge >= 0.3 is 12.1 Å². The first-order chi connectivity index (χ1) is 8.40. The quantitative estimate of drug-likeness (QED) is 0.425. The second-order valence-electron chi connectivity index (χ2n) is 4.15. The van der Waals surface area contributed by atoms with Crippen LogP contribution in [-0.2, 0) is 17.8 Å². The van der Waals surface area contributed by atoms with Crippen molar-refractivity contribution in [1.82, 2.24) is 4.90 Å². The lowest BCUT2D eigenvalue weighted by Gasteiger charge is -2.32. The number of fused-ring (bicyclic) bond motifs is 1. The van der Waals surface area contributed by atoms with Crippen LogP contribution in [0.1, 0.15) is 11.1 Å². The number of hydrogen-bond acceptors (Lipinski definition) is 4. The number of nitrogens with zero attached hydrogens (tertiary/aromatic N) is 1. The fourth-order valence-electron chi connectivity index (χ4n) is 2.07. The molecule has 1 aromatic carbocycles. The molecule has 1 heterocycles. The van der Waals surface area contributed by atoms with Crippen molar-refractivity contribution in [3.05, 3.63) is 23.3 Å². The number of carbonyl (C=O) groups is 2. The molecule has 0 bridgehead atoms. The lowest BCUT2D eigenvalue weighted by molar-refractivity contribution is -0.143. The van der Waals surface area contributed by atoms with Crippen LogP contribution in [0.4, 0.5) is 10.5 Å². The topological polar surface area (TPSA) is 124 Å². The maximum Gasteiger partial charge on any atom is 0.408 e. The molecule has 0 aromatic heterocycles. The third-order valence-corrected chi connectivity index (χ3v) is 3.01. The molecule has 96 valence electrons. The summed E-state index contributed by atoms with van der Waals surface area (Å²) in [6, 6.07) is 1.73. The number of phenolic OH excluding ortho intramolecular Hbond substituents is 1. The van der Waals surface area contributed by atoms with Crippen LogP contribution >= 0.6 is 0 Å². The summed E-state index contributed by atoms with van der Waals surface area (Å²) in [4.78, 5) is 22.9. The molecule has 0 unspecified atom stereocenters. The molecule has 0 aliphatic carbocycles. The summed E-state index contributed by atoms with van der Waals surface area (Å²) in [6.45, 7) is -0.0739. The molecule has 0 spiro atoms. The van der Waals surface area contributed by atoms with E-state index in [1.165, 1.54) is 12.1 Å². The van der Waals surface area contributed by atoms with Gasteiger partial charge in [-0.15, -0.1) is 0 Å². The molecule has 1 aromatic rings. The zero-order valence-corrected chi connectivity index (χ0v) is 9.33. The Kier molecular flexibility index (Phi) is 2.74. The van der Waals surface area contributed by atoms with E-state index in [9.17, 15) is 14.7 Å². The number of aliphatic carboxylic acids is 1. The first-order valence-corrected chi connectivity index (χ1v) is 5.22. The molecular weight excluding hydrogens is 240 g/mol. The summed E-state index contributed by atoms with van der Waals surface area (Å²) < 4.78 is 0. The molecule has 1 aliphatic heterocycles. The van der Waals surface area contributed by atoms with Gasteiger partial charge in [0.05, 0.1) is 12.2 Å². The molecule has 2 rings (SSSR count). The SMILES string of the molecule is Nc1cc2c(cc1O)CN(C(=O)O)[C@H](C(=O)O)C2. The summed E-state index contributed by atoms with van der Waals surface area (Å²) in [7, 11) is 0. The number of hydrogen-bond donors (Lipinski definition) is 4. The fraction of sp³-hybridized carbons (Fsp3) is 0.273. The van der Waals surface area contributed by atoms with Crippen molar-refractivity contribution in [3.63, 3.8) is 0 Å². The second-order valence-corrected chi connectivity index (χ2v) is 4.15. The van der Waals surface area contributed by atoms with E-state index in [1.807, 2.05) is 0 Å². The van der Waals surface area contributed by atoms with E-state index in [4.69, 9.17) is 15.9 Å². The zero-order chi connectivity index (χ0) is 13.4. The van der Waals surface area contributed by atoms with Crippen LogP contribution in [0.3, 0.4) is 0 Å². The highest BCUT2D eigenvalue weighted by atomic mass is 16.4. The Hall–Kier alpha value is -2.44. The molecule has 1 atom stereocenters. The maximum absolute atomic E-state index is 11.0. The monoisotopic (exact) mass is 252 g/mol. The lowest BCUT2D eigenvalue weighted by Crippen LogP contribution is -2.48. The number of aromatic hydroxyl groups is 1. The number of benzene rings is 1. The Morgan fingerprint density at radius 1 is 1.28 bits per heavy atom. The Bertz CT molecular complexity index is 481. The molecule has 1 amide bonds. The Labute approximate surface area is 102 Å². The van der Waals surface area contributed by atoms with Crippen LogP contribution < -0.4 is 5.73 Å². The maximum atomic E-state index is 11.0. The minimum atomic E-state index is -1.30. The van der Waals surface area contributed by atoms with Gasteiger partial charge < -0.3 is 21.1 Å². The van der Waals surface area contributed by atoms with Gasteiger partial charge in [-0.25, -0.2) is 9.59 Å². The molecule has 18 heavy (non-hydrogen) atoms. The second kappa shape index (κ2) is 4.10. The average Bonchev–Trinajstić information content (AvgIpc) is 2.28. The molecule has 7 heteroatoms. The number of rotatable bonds is 1. The van der Waals surface area contributed by atoms with Crippen LogP contribution in [0.15, 0.2) is 12.1 Å². The third-order valence-electron chi connectivity index (χ3n) is 3.01. The Balaban J connectivity index is 2.44. The van der Waals surface area contributed by atoms with Crippen molar-refractivity contribution in [1.29, 1.82) is 0 Å². The summed E-state index contributed by atoms with van der Waals surface area (Å²) >= 11 is 0. The van der Waals surface area contributed by atoms with E-state index in [1.54, 1.807) is 0 Å². The lowest BCUT2D eigenvalue weighted by atomic mass is 9.93. The van der Waals surface area contributed by atoms with Crippen LogP contribution in [0.2, 0.25) is 0 Å². The summed E-state index contributed by atoms with van der Waals surface area (Å²) in [5, 5.41) is 27.5. The number of carboxylic acids is 1. The number of carboxylic acid groups (broad SMARTS) is 2. The van der Waals surface area contributed by atoms with Crippen molar-refractivity contribution in [2.75, 3.05) is 5.73 Å². The highest BCUT2D eigenvalue weighted by Crippen LogP contribution is 2.30. The summed E-state index contributed by atoms with van der Waals surface area (Å²) in [5.41, 5.74) is 6.91. The molecular formula is C11H12N2O5. The van der Waals surface area contributed by atoms with Crippen molar-refractivity contribution < 1.29 is 24.9 Å². The summed E-state index contributed by atoms with van der Waals surface area (Å²) in [6.07, 6.45) is -1.26. The van der Waals surface area contributed by atoms with E-state index >= 15 is 0 Å². The van der Waals surface area contributed by atoms with Crippen LogP contribution in [0.5, 0.6) is 5.75 Å². The number of amides is 1. The molecule has 0 saturated heterocycles. The predicted octanol–water partition coefficient (Wildman–Crippen LogP) is 0.464. The van der Waals surface area contributed by atoms with Gasteiger partial charge in [0.2, 0.25) is 0 Å². The van der Waals surface area contributed by atoms with E-state index in [0.717, 1.165) is 4.90 Å². The smallest absolute Gasteiger partial charge is 0.408 e. The van der Waals surface area contributed by atoms with Crippen LogP contribution in [0, 0.1) is 0 Å².